The van der Waals surface area contributed by atoms with Crippen LogP contribution in [0, 0.1) is 11.8 Å². The van der Waals surface area contributed by atoms with E-state index in [2.05, 4.69) is 13.5 Å². The molecule has 2 nitrogen and oxygen atoms in total. The van der Waals surface area contributed by atoms with E-state index in [9.17, 15) is 4.79 Å². The van der Waals surface area contributed by atoms with Gasteiger partial charge in [0.2, 0.25) is 0 Å². The van der Waals surface area contributed by atoms with Gasteiger partial charge in [-0.2, -0.15) is 0 Å². The Hall–Kier alpha value is -0.790. The highest BCUT2D eigenvalue weighted by Gasteiger charge is 2.25. The van der Waals surface area contributed by atoms with E-state index < -0.39 is 5.97 Å². The minimum atomic E-state index is -0.828. The predicted octanol–water partition coefficient (Wildman–Crippen LogP) is 3.23. The summed E-state index contributed by atoms with van der Waals surface area (Å²) in [6, 6.07) is 0. The fourth-order valence-corrected chi connectivity index (χ4v) is 2.49. The lowest BCUT2D eigenvalue weighted by atomic mass is 9.75. The number of hydrogen-bond acceptors (Lipinski definition) is 1. The molecule has 0 spiro atoms. The molecule has 0 aliphatic heterocycles. The van der Waals surface area contributed by atoms with Crippen molar-refractivity contribution in [3.8, 4) is 0 Å². The van der Waals surface area contributed by atoms with Gasteiger partial charge in [-0.05, 0) is 24.7 Å². The van der Waals surface area contributed by atoms with Gasteiger partial charge >= 0.3 is 5.97 Å². The van der Waals surface area contributed by atoms with Crippen LogP contribution < -0.4 is 0 Å². The van der Waals surface area contributed by atoms with Crippen molar-refractivity contribution in [3.63, 3.8) is 0 Å². The van der Waals surface area contributed by atoms with Crippen LogP contribution >= 0.6 is 0 Å². The molecule has 80 valence electrons. The highest BCUT2D eigenvalue weighted by molar-refractivity contribution is 5.85. The van der Waals surface area contributed by atoms with E-state index >= 15 is 0 Å². The first-order valence-corrected chi connectivity index (χ1v) is 5.56. The molecule has 1 aliphatic rings. The van der Waals surface area contributed by atoms with Crippen molar-refractivity contribution in [2.24, 2.45) is 11.8 Å². The van der Waals surface area contributed by atoms with Crippen molar-refractivity contribution in [2.75, 3.05) is 0 Å². The van der Waals surface area contributed by atoms with E-state index in [4.69, 9.17) is 5.11 Å². The van der Waals surface area contributed by atoms with E-state index in [0.29, 0.717) is 17.9 Å². The summed E-state index contributed by atoms with van der Waals surface area (Å²) in [4.78, 5) is 10.7. The zero-order chi connectivity index (χ0) is 10.6. The highest BCUT2D eigenvalue weighted by atomic mass is 16.4. The van der Waals surface area contributed by atoms with Gasteiger partial charge in [-0.3, -0.25) is 0 Å². The summed E-state index contributed by atoms with van der Waals surface area (Å²) < 4.78 is 0. The maximum Gasteiger partial charge on any atom is 0.330 e. The Balaban J connectivity index is 2.48. The lowest BCUT2D eigenvalue weighted by Crippen LogP contribution is -2.20. The first kappa shape index (κ1) is 11.3. The minimum Gasteiger partial charge on any atom is -0.478 e. The molecule has 2 heteroatoms. The quantitative estimate of drug-likeness (QED) is 0.701. The van der Waals surface area contributed by atoms with Crippen LogP contribution in [0.25, 0.3) is 0 Å². The first-order valence-electron chi connectivity index (χ1n) is 5.56. The smallest absolute Gasteiger partial charge is 0.330 e. The predicted molar refractivity (Wildman–Crippen MR) is 57.1 cm³/mol. The molecule has 1 aliphatic carbocycles. The Morgan fingerprint density at radius 1 is 1.36 bits per heavy atom. The SMILES string of the molecule is C=C(CC1CCCCC1CC)C(=O)O. The Morgan fingerprint density at radius 3 is 2.43 bits per heavy atom. The van der Waals surface area contributed by atoms with Crippen LogP contribution in [-0.4, -0.2) is 11.1 Å². The second-order valence-electron chi connectivity index (χ2n) is 4.33. The monoisotopic (exact) mass is 196 g/mol. The maximum absolute atomic E-state index is 10.7. The minimum absolute atomic E-state index is 0.385. The molecular weight excluding hydrogens is 176 g/mol. The summed E-state index contributed by atoms with van der Waals surface area (Å²) in [6.45, 7) is 5.82. The normalized spacial score (nSPS) is 27.2. The lowest BCUT2D eigenvalue weighted by molar-refractivity contribution is -0.133. The number of hydrogen-bond donors (Lipinski definition) is 1. The van der Waals surface area contributed by atoms with Crippen molar-refractivity contribution in [1.29, 1.82) is 0 Å². The molecule has 0 aromatic heterocycles. The zero-order valence-electron chi connectivity index (χ0n) is 8.96. The fraction of sp³-hybridized carbons (Fsp3) is 0.750. The molecule has 14 heavy (non-hydrogen) atoms. The summed E-state index contributed by atoms with van der Waals surface area (Å²) in [5, 5.41) is 8.77. The van der Waals surface area contributed by atoms with Gasteiger partial charge in [0, 0.05) is 5.57 Å². The largest absolute Gasteiger partial charge is 0.478 e. The van der Waals surface area contributed by atoms with Crippen LogP contribution in [0.5, 0.6) is 0 Å². The molecule has 0 radical (unpaired) electrons. The van der Waals surface area contributed by atoms with Crippen molar-refractivity contribution >= 4 is 5.97 Å². The van der Waals surface area contributed by atoms with Crippen LogP contribution in [0.2, 0.25) is 0 Å². The van der Waals surface area contributed by atoms with Gasteiger partial charge in [0.05, 0.1) is 0 Å². The van der Waals surface area contributed by atoms with E-state index in [-0.39, 0.29) is 0 Å². The number of rotatable bonds is 4. The second kappa shape index (κ2) is 5.18. The van der Waals surface area contributed by atoms with E-state index in [1.165, 1.54) is 32.1 Å². The molecule has 2 unspecified atom stereocenters. The average Bonchev–Trinajstić information content (AvgIpc) is 2.18. The number of carboxylic acids is 1. The fourth-order valence-electron chi connectivity index (χ4n) is 2.49. The Kier molecular flexibility index (Phi) is 4.18. The third kappa shape index (κ3) is 2.86. The summed E-state index contributed by atoms with van der Waals surface area (Å²) in [7, 11) is 0. The van der Waals surface area contributed by atoms with Crippen LogP contribution in [0.15, 0.2) is 12.2 Å². The van der Waals surface area contributed by atoms with Crippen LogP contribution in [0.1, 0.15) is 45.4 Å². The summed E-state index contributed by atoms with van der Waals surface area (Å²) in [5.74, 6) is 0.461. The molecule has 0 heterocycles. The van der Waals surface area contributed by atoms with Gasteiger partial charge in [0.1, 0.15) is 0 Å². The van der Waals surface area contributed by atoms with E-state index in [0.717, 1.165) is 5.92 Å². The molecular formula is C12H20O2. The Bertz CT molecular complexity index is 220. The van der Waals surface area contributed by atoms with Gasteiger partial charge in [0.25, 0.3) is 0 Å². The summed E-state index contributed by atoms with van der Waals surface area (Å²) in [6.07, 6.45) is 6.90. The molecule has 1 fully saturated rings. The van der Waals surface area contributed by atoms with Crippen LogP contribution in [0.3, 0.4) is 0 Å². The van der Waals surface area contributed by atoms with Gasteiger partial charge in [-0.1, -0.05) is 39.2 Å². The molecule has 1 saturated carbocycles. The zero-order valence-corrected chi connectivity index (χ0v) is 8.96. The van der Waals surface area contributed by atoms with Crippen molar-refractivity contribution in [2.45, 2.75) is 45.4 Å². The van der Waals surface area contributed by atoms with Gasteiger partial charge in [0.15, 0.2) is 0 Å². The molecule has 0 aromatic rings. The molecule has 1 rings (SSSR count). The molecule has 1 N–H and O–H groups in total. The highest BCUT2D eigenvalue weighted by Crippen LogP contribution is 2.35. The lowest BCUT2D eigenvalue weighted by Gasteiger charge is -2.30. The Morgan fingerprint density at radius 2 is 1.93 bits per heavy atom. The van der Waals surface area contributed by atoms with Crippen molar-refractivity contribution < 1.29 is 9.90 Å². The molecule has 0 aromatic carbocycles. The average molecular weight is 196 g/mol. The summed E-state index contributed by atoms with van der Waals surface area (Å²) in [5.41, 5.74) is 0.385. The third-order valence-corrected chi connectivity index (χ3v) is 3.40. The van der Waals surface area contributed by atoms with E-state index in [1.54, 1.807) is 0 Å². The summed E-state index contributed by atoms with van der Waals surface area (Å²) >= 11 is 0. The standard InChI is InChI=1S/C12H20O2/c1-3-10-6-4-5-7-11(10)8-9(2)12(13)14/h10-11H,2-8H2,1H3,(H,13,14). The number of aliphatic carboxylic acids is 1. The molecule has 0 amide bonds. The van der Waals surface area contributed by atoms with Gasteiger partial charge in [-0.15, -0.1) is 0 Å². The topological polar surface area (TPSA) is 37.3 Å². The van der Waals surface area contributed by atoms with E-state index in [1.807, 2.05) is 0 Å². The van der Waals surface area contributed by atoms with Crippen LogP contribution in [-0.2, 0) is 4.79 Å². The van der Waals surface area contributed by atoms with Crippen molar-refractivity contribution in [1.82, 2.24) is 0 Å². The molecule has 2 atom stereocenters. The van der Waals surface area contributed by atoms with Gasteiger partial charge < -0.3 is 5.11 Å². The molecule has 0 bridgehead atoms. The maximum atomic E-state index is 10.7. The third-order valence-electron chi connectivity index (χ3n) is 3.40. The number of carboxylic acid groups (broad SMARTS) is 1. The van der Waals surface area contributed by atoms with Crippen LogP contribution in [0.4, 0.5) is 0 Å². The Labute approximate surface area is 86.0 Å². The first-order chi connectivity index (χ1) is 6.65. The molecule has 0 saturated heterocycles. The second-order valence-corrected chi connectivity index (χ2v) is 4.33. The van der Waals surface area contributed by atoms with Gasteiger partial charge in [-0.25, -0.2) is 4.79 Å². The van der Waals surface area contributed by atoms with Crippen molar-refractivity contribution in [3.05, 3.63) is 12.2 Å². The number of carbonyl (C=O) groups is 1.